The maximum atomic E-state index is 6.97. The average molecular weight is 640 g/mol. The molecule has 0 amide bonds. The maximum absolute atomic E-state index is 6.97. The van der Waals surface area contributed by atoms with Crippen molar-refractivity contribution in [3.05, 3.63) is 192 Å². The van der Waals surface area contributed by atoms with Crippen molar-refractivity contribution in [2.45, 2.75) is 63.4 Å². The lowest BCUT2D eigenvalue weighted by atomic mass is 9.86. The van der Waals surface area contributed by atoms with Gasteiger partial charge in [-0.25, -0.2) is 0 Å². The zero-order valence-corrected chi connectivity index (χ0v) is 27.4. The molecular formula is C43H45NO4. The third kappa shape index (κ3) is 9.16. The smallest absolute Gasteiger partial charge is 0.114 e. The van der Waals surface area contributed by atoms with Gasteiger partial charge in [-0.2, -0.15) is 0 Å². The molecule has 6 rings (SSSR count). The standard InChI is InChI=1S/C43H45NO4/c1-2-39-41(46-30-36-22-12-5-13-23-36)43(48-32-38-26-16-7-17-27-38)42(47-31-37-24-14-6-15-25-37)40(33-45-29-35-20-10-4-11-21-35)44(39)28-34-18-8-3-9-19-34/h2-27,39-43H,1,28-33H2/t39-,40-,41+,42-,43-/m1/s1. The predicted octanol–water partition coefficient (Wildman–Crippen LogP) is 8.40. The van der Waals surface area contributed by atoms with Gasteiger partial charge in [0.15, 0.2) is 0 Å². The summed E-state index contributed by atoms with van der Waals surface area (Å²) in [5, 5.41) is 0. The van der Waals surface area contributed by atoms with E-state index in [0.29, 0.717) is 39.6 Å². The van der Waals surface area contributed by atoms with Crippen LogP contribution in [0.2, 0.25) is 0 Å². The largest absolute Gasteiger partial charge is 0.375 e. The van der Waals surface area contributed by atoms with E-state index in [1.54, 1.807) is 0 Å². The summed E-state index contributed by atoms with van der Waals surface area (Å²) in [6.45, 7) is 7.30. The Bertz CT molecular complexity index is 1620. The molecule has 5 aromatic rings. The van der Waals surface area contributed by atoms with Crippen LogP contribution in [0.1, 0.15) is 27.8 Å². The third-order valence-corrected chi connectivity index (χ3v) is 8.88. The van der Waals surface area contributed by atoms with Gasteiger partial charge >= 0.3 is 0 Å². The number of ether oxygens (including phenoxy) is 4. The highest BCUT2D eigenvalue weighted by Crippen LogP contribution is 2.35. The van der Waals surface area contributed by atoms with Crippen molar-refractivity contribution in [1.29, 1.82) is 0 Å². The summed E-state index contributed by atoms with van der Waals surface area (Å²) in [7, 11) is 0. The van der Waals surface area contributed by atoms with E-state index >= 15 is 0 Å². The molecule has 0 spiro atoms. The molecule has 0 aliphatic carbocycles. The minimum atomic E-state index is -0.405. The quantitative estimate of drug-likeness (QED) is 0.101. The molecule has 246 valence electrons. The van der Waals surface area contributed by atoms with Crippen LogP contribution >= 0.6 is 0 Å². The molecule has 1 heterocycles. The van der Waals surface area contributed by atoms with Crippen LogP contribution in [0.5, 0.6) is 0 Å². The van der Waals surface area contributed by atoms with Crippen molar-refractivity contribution in [1.82, 2.24) is 4.90 Å². The monoisotopic (exact) mass is 639 g/mol. The lowest BCUT2D eigenvalue weighted by molar-refractivity contribution is -0.224. The van der Waals surface area contributed by atoms with Gasteiger partial charge in [0.2, 0.25) is 0 Å². The topological polar surface area (TPSA) is 40.2 Å². The molecule has 1 aliphatic rings. The van der Waals surface area contributed by atoms with E-state index in [9.17, 15) is 0 Å². The zero-order valence-electron chi connectivity index (χ0n) is 27.4. The molecule has 5 nitrogen and oxygen atoms in total. The second-order valence-corrected chi connectivity index (χ2v) is 12.2. The Kier molecular flexibility index (Phi) is 12.4. The van der Waals surface area contributed by atoms with Crippen LogP contribution in [0.15, 0.2) is 164 Å². The first-order valence-electron chi connectivity index (χ1n) is 16.8. The predicted molar refractivity (Wildman–Crippen MR) is 191 cm³/mol. The molecule has 0 N–H and O–H groups in total. The van der Waals surface area contributed by atoms with Gasteiger partial charge in [0.25, 0.3) is 0 Å². The average Bonchev–Trinajstić information content (AvgIpc) is 3.15. The van der Waals surface area contributed by atoms with Crippen molar-refractivity contribution in [3.63, 3.8) is 0 Å². The molecule has 5 heteroatoms. The van der Waals surface area contributed by atoms with Crippen molar-refractivity contribution >= 4 is 0 Å². The third-order valence-electron chi connectivity index (χ3n) is 8.88. The van der Waals surface area contributed by atoms with E-state index < -0.39 is 6.10 Å². The van der Waals surface area contributed by atoms with Crippen LogP contribution in [0.4, 0.5) is 0 Å². The molecule has 1 aliphatic heterocycles. The summed E-state index contributed by atoms with van der Waals surface area (Å²) < 4.78 is 27.3. The van der Waals surface area contributed by atoms with Gasteiger partial charge in [-0.1, -0.05) is 158 Å². The summed E-state index contributed by atoms with van der Waals surface area (Å²) in [6, 6.07) is 51.4. The van der Waals surface area contributed by atoms with E-state index in [2.05, 4.69) is 90.3 Å². The highest BCUT2D eigenvalue weighted by Gasteiger charge is 2.50. The van der Waals surface area contributed by atoms with Gasteiger partial charge in [0.1, 0.15) is 18.3 Å². The Labute approximate surface area is 285 Å². The van der Waals surface area contributed by atoms with Crippen LogP contribution in [-0.4, -0.2) is 41.9 Å². The number of benzene rings is 5. The van der Waals surface area contributed by atoms with Crippen molar-refractivity contribution in [2.75, 3.05) is 6.61 Å². The summed E-state index contributed by atoms with van der Waals surface area (Å²) in [5.41, 5.74) is 5.63. The summed E-state index contributed by atoms with van der Waals surface area (Å²) in [5.74, 6) is 0. The van der Waals surface area contributed by atoms with Crippen LogP contribution in [0, 0.1) is 0 Å². The van der Waals surface area contributed by atoms with Crippen LogP contribution in [0.3, 0.4) is 0 Å². The minimum absolute atomic E-state index is 0.155. The van der Waals surface area contributed by atoms with Gasteiger partial charge in [-0.3, -0.25) is 4.90 Å². The van der Waals surface area contributed by atoms with Gasteiger partial charge in [0.05, 0.1) is 45.1 Å². The van der Waals surface area contributed by atoms with Crippen LogP contribution in [-0.2, 0) is 51.9 Å². The number of likely N-dealkylation sites (tertiary alicyclic amines) is 1. The first kappa shape index (κ1) is 33.5. The number of piperidine rings is 1. The maximum Gasteiger partial charge on any atom is 0.114 e. The number of hydrogen-bond donors (Lipinski definition) is 0. The Hall–Kier alpha value is -4.36. The van der Waals surface area contributed by atoms with E-state index in [1.165, 1.54) is 5.56 Å². The van der Waals surface area contributed by atoms with Gasteiger partial charge in [-0.05, 0) is 27.8 Å². The summed E-state index contributed by atoms with van der Waals surface area (Å²) in [6.07, 6.45) is 0.874. The highest BCUT2D eigenvalue weighted by molar-refractivity contribution is 5.20. The lowest BCUT2D eigenvalue weighted by Gasteiger charge is -2.52. The minimum Gasteiger partial charge on any atom is -0.375 e. The van der Waals surface area contributed by atoms with Gasteiger partial charge in [0, 0.05) is 6.54 Å². The second kappa shape index (κ2) is 17.7. The lowest BCUT2D eigenvalue weighted by Crippen LogP contribution is -2.68. The molecule has 0 bridgehead atoms. The fraction of sp³-hybridized carbons (Fsp3) is 0.256. The number of nitrogens with zero attached hydrogens (tertiary/aromatic N) is 1. The Morgan fingerprint density at radius 3 is 1.27 bits per heavy atom. The Morgan fingerprint density at radius 1 is 0.458 bits per heavy atom. The molecule has 0 radical (unpaired) electrons. The van der Waals surface area contributed by atoms with E-state index in [4.69, 9.17) is 18.9 Å². The van der Waals surface area contributed by atoms with Gasteiger partial charge in [-0.15, -0.1) is 6.58 Å². The van der Waals surface area contributed by atoms with Crippen molar-refractivity contribution in [2.24, 2.45) is 0 Å². The van der Waals surface area contributed by atoms with E-state index in [1.807, 2.05) is 78.9 Å². The molecular weight excluding hydrogens is 594 g/mol. The fourth-order valence-corrected chi connectivity index (χ4v) is 6.44. The normalized spacial score (nSPS) is 21.1. The SMILES string of the molecule is C=C[C@@H]1[C@H](OCc2ccccc2)[C@@H](OCc2ccccc2)[C@H](OCc2ccccc2)[C@@H](COCc2ccccc2)N1Cc1ccccc1. The van der Waals surface area contributed by atoms with Crippen molar-refractivity contribution < 1.29 is 18.9 Å². The van der Waals surface area contributed by atoms with Crippen LogP contribution < -0.4 is 0 Å². The number of rotatable bonds is 16. The molecule has 5 aromatic carbocycles. The van der Waals surface area contributed by atoms with Crippen molar-refractivity contribution in [3.8, 4) is 0 Å². The van der Waals surface area contributed by atoms with Gasteiger partial charge < -0.3 is 18.9 Å². The van der Waals surface area contributed by atoms with E-state index in [0.717, 1.165) is 22.3 Å². The second-order valence-electron chi connectivity index (χ2n) is 12.2. The molecule has 1 fully saturated rings. The highest BCUT2D eigenvalue weighted by atomic mass is 16.6. The molecule has 0 saturated carbocycles. The van der Waals surface area contributed by atoms with Crippen LogP contribution in [0.25, 0.3) is 0 Å². The zero-order chi connectivity index (χ0) is 32.8. The first-order valence-corrected chi connectivity index (χ1v) is 16.8. The molecule has 1 saturated heterocycles. The molecule has 48 heavy (non-hydrogen) atoms. The fourth-order valence-electron chi connectivity index (χ4n) is 6.44. The molecule has 0 aromatic heterocycles. The summed E-state index contributed by atoms with van der Waals surface area (Å²) >= 11 is 0. The van der Waals surface area contributed by atoms with E-state index in [-0.39, 0.29) is 24.3 Å². The molecule has 0 unspecified atom stereocenters. The Morgan fingerprint density at radius 2 is 0.833 bits per heavy atom. The molecule has 5 atom stereocenters. The number of hydrogen-bond acceptors (Lipinski definition) is 5. The first-order chi connectivity index (χ1) is 23.8. The summed E-state index contributed by atoms with van der Waals surface area (Å²) in [4.78, 5) is 2.45. The Balaban J connectivity index is 1.37.